The summed E-state index contributed by atoms with van der Waals surface area (Å²) in [5.41, 5.74) is 18.8. The van der Waals surface area contributed by atoms with Crippen molar-refractivity contribution in [3.05, 3.63) is 255 Å². The van der Waals surface area contributed by atoms with Gasteiger partial charge >= 0.3 is 0 Å². The second-order valence-corrected chi connectivity index (χ2v) is 15.8. The minimum Gasteiger partial charge on any atom is -0.311 e. The molecular weight excluding hydrogens is 749 g/mol. The molecule has 0 aliphatic heterocycles. The number of aromatic nitrogens is 1. The normalized spacial score (nSPS) is 11.2. The molecule has 0 radical (unpaired) electrons. The second kappa shape index (κ2) is 16.1. The largest absolute Gasteiger partial charge is 0.311 e. The lowest BCUT2D eigenvalue weighted by molar-refractivity contribution is 1.18. The van der Waals surface area contributed by atoms with Gasteiger partial charge in [0.1, 0.15) is 0 Å². The summed E-state index contributed by atoms with van der Waals surface area (Å²) in [6.45, 7) is 0. The molecule has 0 bridgehead atoms. The molecule has 0 spiro atoms. The maximum absolute atomic E-state index is 2.38. The maximum atomic E-state index is 2.38. The van der Waals surface area contributed by atoms with Gasteiger partial charge < -0.3 is 9.47 Å². The lowest BCUT2D eigenvalue weighted by Crippen LogP contribution is -2.09. The van der Waals surface area contributed by atoms with E-state index in [4.69, 9.17) is 0 Å². The van der Waals surface area contributed by atoms with E-state index >= 15 is 0 Å². The zero-order chi connectivity index (χ0) is 41.2. The first-order valence-corrected chi connectivity index (χ1v) is 21.2. The van der Waals surface area contributed by atoms with Crippen molar-refractivity contribution in [3.8, 4) is 61.3 Å². The van der Waals surface area contributed by atoms with Crippen LogP contribution in [0.4, 0.5) is 17.1 Å². The molecule has 0 saturated heterocycles. The first-order valence-electron chi connectivity index (χ1n) is 21.2. The van der Waals surface area contributed by atoms with Gasteiger partial charge in [-0.1, -0.05) is 194 Å². The summed E-state index contributed by atoms with van der Waals surface area (Å²) in [6.07, 6.45) is 0. The fourth-order valence-electron chi connectivity index (χ4n) is 8.83. The standard InChI is InChI=1S/C60H42N2/c1-4-12-43(13-5-1)45-20-24-47(25-21-45)49-28-35-54(36-29-49)61(55-37-30-50(31-38-55)48-26-22-46(23-27-48)44-14-6-2-7-15-44)56-39-32-51(33-40-56)52-34-41-58-57-18-10-11-19-59(57)62(60(58)42-52)53-16-8-3-9-17-53/h1-42H. The number of fused-ring (bicyclic) bond motifs is 3. The molecule has 0 atom stereocenters. The molecule has 11 aromatic rings. The van der Waals surface area contributed by atoms with Crippen molar-refractivity contribution >= 4 is 38.9 Å². The van der Waals surface area contributed by atoms with Gasteiger partial charge in [-0.05, 0) is 116 Å². The molecule has 10 aromatic carbocycles. The lowest BCUT2D eigenvalue weighted by Gasteiger charge is -2.26. The predicted octanol–water partition coefficient (Wildman–Crippen LogP) is 16.6. The Balaban J connectivity index is 0.941. The van der Waals surface area contributed by atoms with Gasteiger partial charge in [-0.15, -0.1) is 0 Å². The molecule has 2 heteroatoms. The monoisotopic (exact) mass is 790 g/mol. The van der Waals surface area contributed by atoms with Gasteiger partial charge in [0.25, 0.3) is 0 Å². The second-order valence-electron chi connectivity index (χ2n) is 15.8. The third-order valence-corrected chi connectivity index (χ3v) is 12.0. The van der Waals surface area contributed by atoms with Crippen molar-refractivity contribution in [1.29, 1.82) is 0 Å². The van der Waals surface area contributed by atoms with Crippen LogP contribution < -0.4 is 4.90 Å². The smallest absolute Gasteiger partial charge is 0.0547 e. The third kappa shape index (κ3) is 7.04. The van der Waals surface area contributed by atoms with E-state index in [1.807, 2.05) is 0 Å². The molecule has 62 heavy (non-hydrogen) atoms. The number of hydrogen-bond acceptors (Lipinski definition) is 1. The van der Waals surface area contributed by atoms with Gasteiger partial charge in [0.15, 0.2) is 0 Å². The Morgan fingerprint density at radius 2 is 0.532 bits per heavy atom. The van der Waals surface area contributed by atoms with Crippen LogP contribution in [0.15, 0.2) is 255 Å². The van der Waals surface area contributed by atoms with Crippen molar-refractivity contribution in [2.24, 2.45) is 0 Å². The molecule has 0 saturated carbocycles. The van der Waals surface area contributed by atoms with Crippen LogP contribution in [0.5, 0.6) is 0 Å². The van der Waals surface area contributed by atoms with E-state index in [9.17, 15) is 0 Å². The Labute approximate surface area is 362 Å². The van der Waals surface area contributed by atoms with Gasteiger partial charge in [-0.25, -0.2) is 0 Å². The summed E-state index contributed by atoms with van der Waals surface area (Å²) in [6, 6.07) is 91.9. The SMILES string of the molecule is c1ccc(-c2ccc(-c3ccc(N(c4ccc(-c5ccc(-c6ccccc6)cc5)cc4)c4ccc(-c5ccc6c7ccccc7n(-c7ccccc7)c6c5)cc4)cc3)cc2)cc1. The minimum atomic E-state index is 1.09. The highest BCUT2D eigenvalue weighted by atomic mass is 15.1. The number of nitrogens with zero attached hydrogens (tertiary/aromatic N) is 2. The van der Waals surface area contributed by atoms with E-state index in [2.05, 4.69) is 264 Å². The van der Waals surface area contributed by atoms with Crippen molar-refractivity contribution in [2.45, 2.75) is 0 Å². The fourth-order valence-corrected chi connectivity index (χ4v) is 8.83. The molecule has 0 amide bonds. The van der Waals surface area contributed by atoms with Gasteiger partial charge in [-0.3, -0.25) is 0 Å². The Morgan fingerprint density at radius 3 is 0.968 bits per heavy atom. The molecule has 0 N–H and O–H groups in total. The quantitative estimate of drug-likeness (QED) is 0.141. The summed E-state index contributed by atoms with van der Waals surface area (Å²) in [5, 5.41) is 2.51. The third-order valence-electron chi connectivity index (χ3n) is 12.0. The zero-order valence-electron chi connectivity index (χ0n) is 34.1. The summed E-state index contributed by atoms with van der Waals surface area (Å²) in [4.78, 5) is 2.35. The first-order chi connectivity index (χ1) is 30.7. The minimum absolute atomic E-state index is 1.09. The van der Waals surface area contributed by atoms with Gasteiger partial charge in [-0.2, -0.15) is 0 Å². The average Bonchev–Trinajstić information content (AvgIpc) is 3.69. The van der Waals surface area contributed by atoms with Gasteiger partial charge in [0.05, 0.1) is 11.0 Å². The summed E-state index contributed by atoms with van der Waals surface area (Å²) < 4.78 is 2.38. The van der Waals surface area contributed by atoms with Crippen LogP contribution in [0.1, 0.15) is 0 Å². The maximum Gasteiger partial charge on any atom is 0.0547 e. The highest BCUT2D eigenvalue weighted by molar-refractivity contribution is 6.10. The van der Waals surface area contributed by atoms with Crippen molar-refractivity contribution in [2.75, 3.05) is 4.90 Å². The summed E-state index contributed by atoms with van der Waals surface area (Å²) >= 11 is 0. The molecule has 292 valence electrons. The molecule has 1 aromatic heterocycles. The molecule has 11 rings (SSSR count). The van der Waals surface area contributed by atoms with E-state index in [1.54, 1.807) is 0 Å². The van der Waals surface area contributed by atoms with Crippen LogP contribution in [-0.2, 0) is 0 Å². The van der Waals surface area contributed by atoms with E-state index in [0.717, 1.165) is 22.7 Å². The van der Waals surface area contributed by atoms with E-state index in [0.29, 0.717) is 0 Å². The molecule has 0 unspecified atom stereocenters. The predicted molar refractivity (Wildman–Crippen MR) is 263 cm³/mol. The van der Waals surface area contributed by atoms with Crippen LogP contribution in [0.25, 0.3) is 83.1 Å². The number of rotatable bonds is 9. The molecule has 2 nitrogen and oxygen atoms in total. The van der Waals surface area contributed by atoms with Gasteiger partial charge in [0, 0.05) is 33.5 Å². The highest BCUT2D eigenvalue weighted by Gasteiger charge is 2.16. The molecule has 0 aliphatic rings. The number of hydrogen-bond donors (Lipinski definition) is 0. The Kier molecular flexibility index (Phi) is 9.57. The Morgan fingerprint density at radius 1 is 0.226 bits per heavy atom. The van der Waals surface area contributed by atoms with E-state index in [-0.39, 0.29) is 0 Å². The van der Waals surface area contributed by atoms with Crippen LogP contribution in [-0.4, -0.2) is 4.57 Å². The first kappa shape index (κ1) is 36.8. The lowest BCUT2D eigenvalue weighted by atomic mass is 9.99. The average molecular weight is 791 g/mol. The fraction of sp³-hybridized carbons (Fsp3) is 0. The Bertz CT molecular complexity index is 3130. The molecular formula is C60H42N2. The van der Waals surface area contributed by atoms with Crippen LogP contribution >= 0.6 is 0 Å². The van der Waals surface area contributed by atoms with Crippen molar-refractivity contribution in [1.82, 2.24) is 4.57 Å². The molecule has 0 aliphatic carbocycles. The molecule has 0 fully saturated rings. The zero-order valence-corrected chi connectivity index (χ0v) is 34.1. The number of para-hydroxylation sites is 2. The van der Waals surface area contributed by atoms with Gasteiger partial charge in [0.2, 0.25) is 0 Å². The van der Waals surface area contributed by atoms with Crippen LogP contribution in [0, 0.1) is 0 Å². The topological polar surface area (TPSA) is 8.17 Å². The van der Waals surface area contributed by atoms with Crippen molar-refractivity contribution < 1.29 is 0 Å². The van der Waals surface area contributed by atoms with Crippen molar-refractivity contribution in [3.63, 3.8) is 0 Å². The molecule has 1 heterocycles. The number of anilines is 3. The van der Waals surface area contributed by atoms with E-state index in [1.165, 1.54) is 77.4 Å². The Hall–Kier alpha value is -8.20. The summed E-state index contributed by atoms with van der Waals surface area (Å²) in [5.74, 6) is 0. The van der Waals surface area contributed by atoms with Crippen LogP contribution in [0.3, 0.4) is 0 Å². The number of benzene rings is 10. The van der Waals surface area contributed by atoms with Crippen LogP contribution in [0.2, 0.25) is 0 Å². The highest BCUT2D eigenvalue weighted by Crippen LogP contribution is 2.40. The van der Waals surface area contributed by atoms with E-state index < -0.39 is 0 Å². The summed E-state index contributed by atoms with van der Waals surface area (Å²) in [7, 11) is 0.